The second kappa shape index (κ2) is 40.8. The summed E-state index contributed by atoms with van der Waals surface area (Å²) in [5, 5.41) is 30.5. The van der Waals surface area contributed by atoms with Crippen LogP contribution in [0.4, 0.5) is 5.82 Å². The van der Waals surface area contributed by atoms with E-state index in [9.17, 15) is 48.6 Å². The van der Waals surface area contributed by atoms with Crippen LogP contribution < -0.4 is 11.4 Å². The molecule has 0 spiro atoms. The number of carbonyl (C=O) groups is 2. The molecule has 75 heavy (non-hydrogen) atoms. The van der Waals surface area contributed by atoms with Crippen molar-refractivity contribution >= 4 is 33.4 Å². The fraction of sp³-hybridized carbons (Fsp3) is 0.741. The van der Waals surface area contributed by atoms with Gasteiger partial charge >= 0.3 is 33.3 Å². The number of aromatic nitrogens is 2. The van der Waals surface area contributed by atoms with Gasteiger partial charge in [-0.1, -0.05) is 172 Å². The zero-order valence-electron chi connectivity index (χ0n) is 45.1. The van der Waals surface area contributed by atoms with Crippen LogP contribution in [0.15, 0.2) is 65.7 Å². The molecule has 2 rings (SSSR count). The third-order valence-electron chi connectivity index (χ3n) is 12.5. The number of nitrogens with zero attached hydrogens (tertiary/aromatic N) is 2. The molecule has 8 atom stereocenters. The number of phosphoric acid groups is 2. The summed E-state index contributed by atoms with van der Waals surface area (Å²) in [6, 6.07) is 1.24. The number of hydrogen-bond donors (Lipinski definition) is 6. The number of anilines is 1. The molecule has 1 aliphatic heterocycles. The number of carbonyl (C=O) groups excluding carboxylic acids is 2. The molecule has 0 amide bonds. The summed E-state index contributed by atoms with van der Waals surface area (Å²) in [5.74, 6) is -0.575. The van der Waals surface area contributed by atoms with Crippen LogP contribution in [0, 0.1) is 5.92 Å². The van der Waals surface area contributed by atoms with Crippen LogP contribution in [0.1, 0.15) is 200 Å². The molecule has 0 aliphatic carbocycles. The number of hydrogen-bond acceptors (Lipinski definition) is 16. The van der Waals surface area contributed by atoms with E-state index in [1.165, 1.54) is 83.1 Å². The number of rotatable bonds is 45. The van der Waals surface area contributed by atoms with E-state index in [1.54, 1.807) is 0 Å². The van der Waals surface area contributed by atoms with Gasteiger partial charge in [0, 0.05) is 19.0 Å². The Morgan fingerprint density at radius 3 is 1.76 bits per heavy atom. The summed E-state index contributed by atoms with van der Waals surface area (Å²) in [7, 11) is -10.9. The zero-order valence-corrected chi connectivity index (χ0v) is 46.9. The molecular formula is C54H93N3O16P2. The van der Waals surface area contributed by atoms with E-state index in [2.05, 4.69) is 59.6 Å². The highest BCUT2D eigenvalue weighted by Gasteiger charge is 2.46. The molecule has 0 radical (unpaired) electrons. The van der Waals surface area contributed by atoms with E-state index in [0.29, 0.717) is 19.3 Å². The first-order valence-corrected chi connectivity index (χ1v) is 30.6. The van der Waals surface area contributed by atoms with Gasteiger partial charge in [0.25, 0.3) is 0 Å². The Kier molecular flexibility index (Phi) is 36.9. The highest BCUT2D eigenvalue weighted by Crippen LogP contribution is 2.60. The molecule has 430 valence electrons. The van der Waals surface area contributed by atoms with E-state index in [-0.39, 0.29) is 24.8 Å². The third kappa shape index (κ3) is 34.2. The van der Waals surface area contributed by atoms with Gasteiger partial charge in [-0.15, -0.1) is 0 Å². The van der Waals surface area contributed by atoms with Gasteiger partial charge in [0.05, 0.1) is 19.3 Å². The molecule has 21 heteroatoms. The number of ether oxygens (including phenoxy) is 3. The quantitative estimate of drug-likeness (QED) is 0.0153. The van der Waals surface area contributed by atoms with E-state index in [4.69, 9.17) is 29.0 Å². The fourth-order valence-corrected chi connectivity index (χ4v) is 10.2. The van der Waals surface area contributed by atoms with Crippen molar-refractivity contribution in [1.29, 1.82) is 0 Å². The first kappa shape index (κ1) is 67.8. The molecule has 7 N–H and O–H groups in total. The first-order chi connectivity index (χ1) is 35.9. The largest absolute Gasteiger partial charge is 0.481 e. The summed E-state index contributed by atoms with van der Waals surface area (Å²) in [5.41, 5.74) is 4.59. The molecular weight excluding hydrogens is 1010 g/mol. The van der Waals surface area contributed by atoms with Gasteiger partial charge in [0.1, 0.15) is 30.7 Å². The topological polar surface area (TPSA) is 286 Å². The predicted molar refractivity (Wildman–Crippen MR) is 290 cm³/mol. The predicted octanol–water partition coefficient (Wildman–Crippen LogP) is 10.9. The summed E-state index contributed by atoms with van der Waals surface area (Å²) in [6.45, 7) is 4.18. The van der Waals surface area contributed by atoms with Crippen LogP contribution in [0.3, 0.4) is 0 Å². The van der Waals surface area contributed by atoms with Gasteiger partial charge in [0.15, 0.2) is 12.3 Å². The van der Waals surface area contributed by atoms with Crippen molar-refractivity contribution in [3.63, 3.8) is 0 Å². The average molecular weight is 1100 g/mol. The van der Waals surface area contributed by atoms with E-state index >= 15 is 0 Å². The Hall–Kier alpha value is -3.32. The number of aliphatic hydroxyl groups excluding tert-OH is 3. The maximum absolute atomic E-state index is 12.9. The molecule has 0 saturated carbocycles. The van der Waals surface area contributed by atoms with E-state index < -0.39 is 83.7 Å². The molecule has 2 unspecified atom stereocenters. The number of esters is 2. The van der Waals surface area contributed by atoms with E-state index in [1.807, 2.05) is 19.1 Å². The molecule has 1 aromatic rings. The number of unbranched alkanes of at least 4 members (excludes halogenated alkanes) is 16. The van der Waals surface area contributed by atoms with Gasteiger partial charge < -0.3 is 45.1 Å². The van der Waals surface area contributed by atoms with Gasteiger partial charge in [0.2, 0.25) is 0 Å². The van der Waals surface area contributed by atoms with Crippen molar-refractivity contribution < 1.29 is 71.4 Å². The van der Waals surface area contributed by atoms with Crippen molar-refractivity contribution in [1.82, 2.24) is 9.55 Å². The Labute approximate surface area is 446 Å². The van der Waals surface area contributed by atoms with Crippen molar-refractivity contribution in [3.05, 3.63) is 71.4 Å². The Bertz CT molecular complexity index is 1980. The van der Waals surface area contributed by atoms with Crippen molar-refractivity contribution in [2.45, 2.75) is 231 Å². The Morgan fingerprint density at radius 1 is 0.707 bits per heavy atom. The monoisotopic (exact) mass is 1100 g/mol. The summed E-state index contributed by atoms with van der Waals surface area (Å²) >= 11 is 0. The first-order valence-electron chi connectivity index (χ1n) is 27.6. The number of allylic oxidation sites excluding steroid dienone is 8. The van der Waals surface area contributed by atoms with E-state index in [0.717, 1.165) is 80.9 Å². The van der Waals surface area contributed by atoms with Gasteiger partial charge in [-0.05, 0) is 69.8 Å². The lowest BCUT2D eigenvalue weighted by Crippen LogP contribution is -2.36. The SMILES string of the molecule is CC[C@H](O)CC/C=C\C/C=C\C/C=C\C/C=C\CCCC(=O)OC[C@H](COP(=O)(O)OP(=O)(O)OC[C@H]1O[C@@H](n2ccc(N)nc2=O)[C@H](O)[C@@H]1O)OC(=O)CCCCCCCCCCCCCCCCCCC(C)C. The highest BCUT2D eigenvalue weighted by atomic mass is 31.3. The molecule has 1 aromatic heterocycles. The minimum atomic E-state index is -5.44. The highest BCUT2D eigenvalue weighted by molar-refractivity contribution is 7.61. The maximum atomic E-state index is 12.9. The molecule has 1 saturated heterocycles. The smallest absolute Gasteiger partial charge is 0.462 e. The summed E-state index contributed by atoms with van der Waals surface area (Å²) in [6.07, 6.45) is 35.6. The van der Waals surface area contributed by atoms with Crippen LogP contribution in [0.5, 0.6) is 0 Å². The number of phosphoric ester groups is 2. The molecule has 1 aliphatic rings. The maximum Gasteiger partial charge on any atom is 0.481 e. The zero-order chi connectivity index (χ0) is 55.2. The minimum Gasteiger partial charge on any atom is -0.462 e. The molecule has 2 heterocycles. The molecule has 0 bridgehead atoms. The summed E-state index contributed by atoms with van der Waals surface area (Å²) in [4.78, 5) is 62.0. The molecule has 1 fully saturated rings. The molecule has 19 nitrogen and oxygen atoms in total. The van der Waals surface area contributed by atoms with Gasteiger partial charge in [-0.25, -0.2) is 13.9 Å². The third-order valence-corrected chi connectivity index (χ3v) is 15.1. The minimum absolute atomic E-state index is 0.0333. The number of nitrogens with two attached hydrogens (primary N) is 1. The second-order valence-electron chi connectivity index (χ2n) is 19.7. The standard InChI is InChI=1S/C54H93N3O16P2/c1-4-45(58)36-32-28-24-20-16-12-9-10-13-17-21-25-29-33-37-49(59)68-41-46(71-50(60)38-34-30-26-22-18-14-8-6-5-7-11-15-19-23-27-31-35-44(2)3)42-69-74(64,65)73-75(66,67)70-43-47-51(61)52(62)53(72-47)57-40-39-48(55)56-54(57)63/h10,12-13,16,21,24-25,28,39-40,44-47,51-53,58,61-62H,4-9,11,14-15,17-20,22-23,26-27,29-38,41-43H2,1-3H3,(H,64,65)(H,66,67)(H2,55,56,63)/b13-10-,16-12-,25-21-,28-24-/t45-,46+,47+,51+,52+,53+/m0/s1. The Balaban J connectivity index is 1.79. The van der Waals surface area contributed by atoms with Crippen molar-refractivity contribution in [2.24, 2.45) is 5.92 Å². The van der Waals surface area contributed by atoms with Crippen LogP contribution >= 0.6 is 15.6 Å². The lowest BCUT2D eigenvalue weighted by Gasteiger charge is -2.21. The lowest BCUT2D eigenvalue weighted by molar-refractivity contribution is -0.161. The van der Waals surface area contributed by atoms with Crippen molar-refractivity contribution in [3.8, 4) is 0 Å². The Morgan fingerprint density at radius 2 is 1.21 bits per heavy atom. The van der Waals surface area contributed by atoms with Gasteiger partial charge in [-0.3, -0.25) is 23.2 Å². The molecule has 0 aromatic carbocycles. The van der Waals surface area contributed by atoms with Crippen LogP contribution in [0.25, 0.3) is 0 Å². The van der Waals surface area contributed by atoms with Crippen LogP contribution in [0.2, 0.25) is 0 Å². The lowest BCUT2D eigenvalue weighted by atomic mass is 10.0. The summed E-state index contributed by atoms with van der Waals surface area (Å²) < 4.78 is 56.8. The van der Waals surface area contributed by atoms with Crippen LogP contribution in [-0.2, 0) is 46.3 Å². The average Bonchev–Trinajstić information content (AvgIpc) is 3.64. The second-order valence-corrected chi connectivity index (χ2v) is 22.8. The number of nitrogen functional groups attached to an aromatic ring is 1. The number of aliphatic hydroxyl groups is 3. The van der Waals surface area contributed by atoms with Crippen molar-refractivity contribution in [2.75, 3.05) is 25.6 Å². The fourth-order valence-electron chi connectivity index (χ4n) is 8.06. The normalized spacial score (nSPS) is 19.6. The van der Waals surface area contributed by atoms with Crippen LogP contribution in [-0.4, -0.2) is 96.9 Å². The van der Waals surface area contributed by atoms with Gasteiger partial charge in [-0.2, -0.15) is 9.29 Å².